The molecular formula is C23H25N3O2. The maximum Gasteiger partial charge on any atom is 0.163 e. The van der Waals surface area contributed by atoms with Gasteiger partial charge in [0, 0.05) is 48.7 Å². The van der Waals surface area contributed by atoms with Crippen molar-refractivity contribution in [3.63, 3.8) is 0 Å². The fraction of sp³-hybridized carbons (Fsp3) is 0.348. The van der Waals surface area contributed by atoms with Gasteiger partial charge in [-0.1, -0.05) is 18.2 Å². The van der Waals surface area contributed by atoms with Gasteiger partial charge in [-0.15, -0.1) is 0 Å². The molecule has 0 aliphatic carbocycles. The summed E-state index contributed by atoms with van der Waals surface area (Å²) >= 11 is 0. The number of hydrogen-bond acceptors (Lipinski definition) is 5. The molecule has 144 valence electrons. The molecule has 1 atom stereocenters. The molecule has 1 fully saturated rings. The number of rotatable bonds is 4. The Labute approximate surface area is 165 Å². The molecule has 2 aliphatic rings. The molecule has 2 aromatic carbocycles. The summed E-state index contributed by atoms with van der Waals surface area (Å²) in [6, 6.07) is 15.2. The van der Waals surface area contributed by atoms with E-state index in [0.717, 1.165) is 36.8 Å². The van der Waals surface area contributed by atoms with E-state index in [1.807, 2.05) is 18.5 Å². The van der Waals surface area contributed by atoms with E-state index in [-0.39, 0.29) is 0 Å². The van der Waals surface area contributed by atoms with E-state index in [9.17, 15) is 0 Å². The third-order valence-corrected chi connectivity index (χ3v) is 5.58. The average Bonchev–Trinajstić information content (AvgIpc) is 2.74. The van der Waals surface area contributed by atoms with Crippen molar-refractivity contribution in [3.05, 3.63) is 60.4 Å². The number of nitrogens with one attached hydrogen (secondary N) is 1. The highest BCUT2D eigenvalue weighted by Gasteiger charge is 2.21. The molecule has 5 nitrogen and oxygen atoms in total. The summed E-state index contributed by atoms with van der Waals surface area (Å²) in [6.45, 7) is 4.40. The monoisotopic (exact) mass is 375 g/mol. The Kier molecular flexibility index (Phi) is 4.75. The Balaban J connectivity index is 1.27. The molecule has 0 radical (unpaired) electrons. The van der Waals surface area contributed by atoms with E-state index < -0.39 is 0 Å². The maximum atomic E-state index is 5.71. The van der Waals surface area contributed by atoms with Crippen LogP contribution >= 0.6 is 0 Å². The molecule has 1 N–H and O–H groups in total. The fourth-order valence-electron chi connectivity index (χ4n) is 4.25. The number of fused-ring (bicyclic) bond motifs is 2. The molecule has 1 aromatic heterocycles. The van der Waals surface area contributed by atoms with Gasteiger partial charge < -0.3 is 14.8 Å². The van der Waals surface area contributed by atoms with Gasteiger partial charge in [0.25, 0.3) is 0 Å². The van der Waals surface area contributed by atoms with Crippen LogP contribution in [0.4, 0.5) is 5.69 Å². The van der Waals surface area contributed by atoms with Gasteiger partial charge in [-0.05, 0) is 48.5 Å². The normalized spacial score (nSPS) is 19.5. The van der Waals surface area contributed by atoms with Crippen LogP contribution in [0.3, 0.4) is 0 Å². The molecule has 3 heterocycles. The minimum atomic E-state index is 0.438. The van der Waals surface area contributed by atoms with Gasteiger partial charge in [-0.3, -0.25) is 9.88 Å². The summed E-state index contributed by atoms with van der Waals surface area (Å²) < 4.78 is 11.3. The van der Waals surface area contributed by atoms with Crippen LogP contribution in [0.25, 0.3) is 10.8 Å². The fourth-order valence-corrected chi connectivity index (χ4v) is 4.25. The van der Waals surface area contributed by atoms with Gasteiger partial charge in [0.05, 0.1) is 0 Å². The van der Waals surface area contributed by atoms with E-state index >= 15 is 0 Å². The van der Waals surface area contributed by atoms with Crippen molar-refractivity contribution in [1.82, 2.24) is 9.88 Å². The van der Waals surface area contributed by atoms with Gasteiger partial charge in [-0.2, -0.15) is 0 Å². The topological polar surface area (TPSA) is 46.6 Å². The number of likely N-dealkylation sites (tertiary alicyclic amines) is 1. The predicted molar refractivity (Wildman–Crippen MR) is 111 cm³/mol. The van der Waals surface area contributed by atoms with E-state index in [2.05, 4.69) is 51.6 Å². The van der Waals surface area contributed by atoms with Crippen LogP contribution in [0.2, 0.25) is 0 Å². The van der Waals surface area contributed by atoms with Crippen molar-refractivity contribution in [1.29, 1.82) is 0 Å². The summed E-state index contributed by atoms with van der Waals surface area (Å²) in [4.78, 5) is 6.80. The lowest BCUT2D eigenvalue weighted by Crippen LogP contribution is -2.41. The highest BCUT2D eigenvalue weighted by molar-refractivity contribution is 5.84. The van der Waals surface area contributed by atoms with Crippen LogP contribution in [0.5, 0.6) is 11.5 Å². The van der Waals surface area contributed by atoms with Crippen LogP contribution in [-0.2, 0) is 6.54 Å². The van der Waals surface area contributed by atoms with Crippen molar-refractivity contribution in [2.75, 3.05) is 31.6 Å². The van der Waals surface area contributed by atoms with Crippen molar-refractivity contribution >= 4 is 16.5 Å². The molecule has 0 bridgehead atoms. The molecule has 0 amide bonds. The van der Waals surface area contributed by atoms with Crippen LogP contribution in [0.1, 0.15) is 18.4 Å². The molecule has 0 saturated carbocycles. The van der Waals surface area contributed by atoms with E-state index in [1.165, 1.54) is 29.2 Å². The number of nitrogens with zero attached hydrogens (tertiary/aromatic N) is 2. The molecule has 1 unspecified atom stereocenters. The largest absolute Gasteiger partial charge is 0.486 e. The highest BCUT2D eigenvalue weighted by Crippen LogP contribution is 2.33. The summed E-state index contributed by atoms with van der Waals surface area (Å²) in [5, 5.41) is 6.21. The lowest BCUT2D eigenvalue weighted by atomic mass is 10.0. The van der Waals surface area contributed by atoms with Gasteiger partial charge >= 0.3 is 0 Å². The molecule has 1 saturated heterocycles. The van der Waals surface area contributed by atoms with Crippen LogP contribution in [0, 0.1) is 0 Å². The quantitative estimate of drug-likeness (QED) is 0.744. The molecule has 2 aliphatic heterocycles. The van der Waals surface area contributed by atoms with Crippen molar-refractivity contribution in [2.24, 2.45) is 0 Å². The molecule has 3 aromatic rings. The minimum absolute atomic E-state index is 0.438. The third kappa shape index (κ3) is 3.62. The number of piperidine rings is 1. The third-order valence-electron chi connectivity index (χ3n) is 5.58. The number of benzene rings is 2. The van der Waals surface area contributed by atoms with Gasteiger partial charge in [0.1, 0.15) is 13.2 Å². The molecule has 28 heavy (non-hydrogen) atoms. The first-order chi connectivity index (χ1) is 13.8. The number of ether oxygens (including phenoxy) is 2. The lowest BCUT2D eigenvalue weighted by Gasteiger charge is -2.34. The zero-order chi connectivity index (χ0) is 18.8. The van der Waals surface area contributed by atoms with Crippen molar-refractivity contribution in [3.8, 4) is 11.5 Å². The average molecular weight is 375 g/mol. The Morgan fingerprint density at radius 1 is 1.07 bits per heavy atom. The first-order valence-corrected chi connectivity index (χ1v) is 10.1. The minimum Gasteiger partial charge on any atom is -0.486 e. The molecule has 0 spiro atoms. The van der Waals surface area contributed by atoms with E-state index in [4.69, 9.17) is 9.47 Å². The van der Waals surface area contributed by atoms with Crippen molar-refractivity contribution < 1.29 is 9.47 Å². The Bertz CT molecular complexity index is 970. The van der Waals surface area contributed by atoms with Crippen LogP contribution in [0.15, 0.2) is 54.9 Å². The second-order valence-electron chi connectivity index (χ2n) is 7.59. The first kappa shape index (κ1) is 17.3. The lowest BCUT2D eigenvalue weighted by molar-refractivity contribution is 0.171. The number of anilines is 1. The Morgan fingerprint density at radius 3 is 2.96 bits per heavy atom. The first-order valence-electron chi connectivity index (χ1n) is 10.1. The van der Waals surface area contributed by atoms with Gasteiger partial charge in [-0.25, -0.2) is 0 Å². The summed E-state index contributed by atoms with van der Waals surface area (Å²) in [5.74, 6) is 1.68. The second kappa shape index (κ2) is 7.68. The SMILES string of the molecule is c1cc(CN2CCCC(Nc3ccc4c(c3)OCCO4)C2)c2ccncc2c1. The zero-order valence-corrected chi connectivity index (χ0v) is 15.9. The highest BCUT2D eigenvalue weighted by atomic mass is 16.6. The van der Waals surface area contributed by atoms with E-state index in [1.54, 1.807) is 0 Å². The van der Waals surface area contributed by atoms with Crippen LogP contribution in [-0.4, -0.2) is 42.2 Å². The van der Waals surface area contributed by atoms with E-state index in [0.29, 0.717) is 19.3 Å². The second-order valence-corrected chi connectivity index (χ2v) is 7.59. The zero-order valence-electron chi connectivity index (χ0n) is 15.9. The summed E-state index contributed by atoms with van der Waals surface area (Å²) in [7, 11) is 0. The molecule has 5 heteroatoms. The molecule has 5 rings (SSSR count). The Hall–Kier alpha value is -2.79. The van der Waals surface area contributed by atoms with Crippen LogP contribution < -0.4 is 14.8 Å². The standard InChI is InChI=1S/C23H25N3O2/c1-3-17-14-24-9-8-21(17)18(4-1)15-26-10-2-5-20(16-26)25-19-6-7-22-23(13-19)28-12-11-27-22/h1,3-4,6-9,13-14,20,25H,2,5,10-12,15-16H2. The predicted octanol–water partition coefficient (Wildman–Crippen LogP) is 4.08. The number of aromatic nitrogens is 1. The van der Waals surface area contributed by atoms with Crippen molar-refractivity contribution in [2.45, 2.75) is 25.4 Å². The summed E-state index contributed by atoms with van der Waals surface area (Å²) in [5.41, 5.74) is 2.48. The smallest absolute Gasteiger partial charge is 0.163 e. The van der Waals surface area contributed by atoms with Gasteiger partial charge in [0.2, 0.25) is 0 Å². The number of hydrogen-bond donors (Lipinski definition) is 1. The van der Waals surface area contributed by atoms with Gasteiger partial charge in [0.15, 0.2) is 11.5 Å². The number of pyridine rings is 1. The maximum absolute atomic E-state index is 5.71. The summed E-state index contributed by atoms with van der Waals surface area (Å²) in [6.07, 6.45) is 6.22. The Morgan fingerprint density at radius 2 is 2.00 bits per heavy atom. The molecular weight excluding hydrogens is 350 g/mol.